The zero-order valence-electron chi connectivity index (χ0n) is 17.3. The van der Waals surface area contributed by atoms with Crippen LogP contribution in [0.15, 0.2) is 60.7 Å². The molecule has 1 aromatic heterocycles. The largest absolute Gasteiger partial charge is 0.412 e. The predicted octanol–water partition coefficient (Wildman–Crippen LogP) is 4.35. The monoisotopic (exact) mass is 479 g/mol. The second kappa shape index (κ2) is 11.5. The number of halogens is 2. The first kappa shape index (κ1) is 25.2. The van der Waals surface area contributed by atoms with Gasteiger partial charge in [0.25, 0.3) is 5.91 Å². The number of rotatable bonds is 5. The molecule has 0 spiro atoms. The zero-order chi connectivity index (χ0) is 20.2. The Balaban J connectivity index is 0.00000171. The molecule has 1 aliphatic heterocycles. The van der Waals surface area contributed by atoms with Crippen molar-refractivity contribution in [1.82, 2.24) is 10.2 Å². The lowest BCUT2D eigenvalue weighted by Gasteiger charge is -2.35. The van der Waals surface area contributed by atoms with E-state index >= 15 is 0 Å². The molecular formula is C23H27Cl2N3O2S. The number of nitrogens with zero attached hydrogens (tertiary/aromatic N) is 2. The lowest BCUT2D eigenvalue weighted by molar-refractivity contribution is 0.0955. The van der Waals surface area contributed by atoms with Crippen molar-refractivity contribution >= 4 is 46.9 Å². The van der Waals surface area contributed by atoms with Gasteiger partial charge in [-0.1, -0.05) is 41.9 Å². The summed E-state index contributed by atoms with van der Waals surface area (Å²) in [6, 6.07) is 20.0. The number of thiophene rings is 1. The maximum atomic E-state index is 12.6. The molecular weight excluding hydrogens is 453 g/mol. The van der Waals surface area contributed by atoms with Gasteiger partial charge in [-0.3, -0.25) is 4.79 Å². The van der Waals surface area contributed by atoms with E-state index in [2.05, 4.69) is 52.5 Å². The van der Waals surface area contributed by atoms with E-state index in [0.717, 1.165) is 41.5 Å². The standard InChI is InChI=1S/C23H24ClN3OS.ClH.H2O/c1-26-12-14-27(15-13-26)20-5-3-2-4-19(20)21-10-11-22(29-21)23(28)25-16-17-6-8-18(24)9-7-17;;/h2-11H,12-16H2,1H3,(H,25,28);1H;1H2. The van der Waals surface area contributed by atoms with E-state index in [1.807, 2.05) is 30.3 Å². The normalized spacial score (nSPS) is 13.8. The Morgan fingerprint density at radius 2 is 1.68 bits per heavy atom. The van der Waals surface area contributed by atoms with Gasteiger partial charge in [-0.15, -0.1) is 23.7 Å². The average molecular weight is 480 g/mol. The quantitative estimate of drug-likeness (QED) is 0.591. The third kappa shape index (κ3) is 6.21. The molecule has 3 aromatic rings. The fraction of sp³-hybridized carbons (Fsp3) is 0.261. The third-order valence-electron chi connectivity index (χ3n) is 5.21. The molecule has 2 aromatic carbocycles. The minimum Gasteiger partial charge on any atom is -0.412 e. The Kier molecular flexibility index (Phi) is 9.34. The zero-order valence-corrected chi connectivity index (χ0v) is 19.7. The van der Waals surface area contributed by atoms with Crippen LogP contribution in [0, 0.1) is 0 Å². The van der Waals surface area contributed by atoms with Gasteiger partial charge in [0, 0.05) is 53.9 Å². The molecule has 0 saturated carbocycles. The van der Waals surface area contributed by atoms with Crippen LogP contribution in [0.2, 0.25) is 5.02 Å². The number of likely N-dealkylation sites (N-methyl/N-ethyl adjacent to an activating group) is 1. The third-order valence-corrected chi connectivity index (χ3v) is 6.58. The van der Waals surface area contributed by atoms with Crippen molar-refractivity contribution in [3.63, 3.8) is 0 Å². The van der Waals surface area contributed by atoms with Crippen molar-refractivity contribution in [2.24, 2.45) is 0 Å². The molecule has 1 fully saturated rings. The van der Waals surface area contributed by atoms with Crippen LogP contribution in [-0.2, 0) is 6.54 Å². The number of carbonyl (C=O) groups is 1. The van der Waals surface area contributed by atoms with Gasteiger partial charge in [0.2, 0.25) is 0 Å². The molecule has 1 aliphatic rings. The number of nitrogens with one attached hydrogen (secondary N) is 1. The fourth-order valence-corrected chi connectivity index (χ4v) is 4.56. The van der Waals surface area contributed by atoms with Gasteiger partial charge >= 0.3 is 0 Å². The van der Waals surface area contributed by atoms with Crippen LogP contribution in [-0.4, -0.2) is 49.5 Å². The highest BCUT2D eigenvalue weighted by Gasteiger charge is 2.19. The average Bonchev–Trinajstić information content (AvgIpc) is 3.24. The minimum atomic E-state index is -0.0479. The van der Waals surface area contributed by atoms with Crippen LogP contribution in [0.25, 0.3) is 10.4 Å². The molecule has 2 heterocycles. The fourth-order valence-electron chi connectivity index (χ4n) is 3.48. The summed E-state index contributed by atoms with van der Waals surface area (Å²) in [5.41, 5.74) is 3.47. The second-order valence-electron chi connectivity index (χ2n) is 7.28. The van der Waals surface area contributed by atoms with Crippen molar-refractivity contribution in [2.45, 2.75) is 6.54 Å². The summed E-state index contributed by atoms with van der Waals surface area (Å²) < 4.78 is 0. The molecule has 3 N–H and O–H groups in total. The topological polar surface area (TPSA) is 67.1 Å². The van der Waals surface area contributed by atoms with E-state index < -0.39 is 0 Å². The number of hydrogen-bond donors (Lipinski definition) is 1. The molecule has 31 heavy (non-hydrogen) atoms. The minimum absolute atomic E-state index is 0. The molecule has 166 valence electrons. The number of piperazine rings is 1. The van der Waals surface area contributed by atoms with Gasteiger partial charge in [0.15, 0.2) is 0 Å². The molecule has 0 atom stereocenters. The summed E-state index contributed by atoms with van der Waals surface area (Å²) in [7, 11) is 2.16. The first-order valence-corrected chi connectivity index (χ1v) is 10.9. The first-order valence-electron chi connectivity index (χ1n) is 9.75. The molecule has 0 radical (unpaired) electrons. The maximum absolute atomic E-state index is 12.6. The van der Waals surface area contributed by atoms with Gasteiger partial charge in [-0.2, -0.15) is 0 Å². The number of hydrogen-bond acceptors (Lipinski definition) is 4. The summed E-state index contributed by atoms with van der Waals surface area (Å²) in [4.78, 5) is 19.2. The van der Waals surface area contributed by atoms with Crippen LogP contribution in [0.3, 0.4) is 0 Å². The van der Waals surface area contributed by atoms with Gasteiger partial charge < -0.3 is 20.6 Å². The van der Waals surface area contributed by atoms with Crippen molar-refractivity contribution in [2.75, 3.05) is 38.1 Å². The second-order valence-corrected chi connectivity index (χ2v) is 8.80. The lowest BCUT2D eigenvalue weighted by atomic mass is 10.1. The summed E-state index contributed by atoms with van der Waals surface area (Å²) in [6.07, 6.45) is 0. The van der Waals surface area contributed by atoms with Crippen molar-refractivity contribution in [3.05, 3.63) is 76.1 Å². The number of amides is 1. The van der Waals surface area contributed by atoms with Gasteiger partial charge in [-0.05, 0) is 42.9 Å². The Morgan fingerprint density at radius 3 is 2.39 bits per heavy atom. The van der Waals surface area contributed by atoms with E-state index in [1.54, 1.807) is 11.3 Å². The van der Waals surface area contributed by atoms with Gasteiger partial charge in [0.1, 0.15) is 0 Å². The van der Waals surface area contributed by atoms with E-state index in [4.69, 9.17) is 11.6 Å². The summed E-state index contributed by atoms with van der Waals surface area (Å²) >= 11 is 7.46. The van der Waals surface area contributed by atoms with Gasteiger partial charge in [-0.25, -0.2) is 0 Å². The molecule has 5 nitrogen and oxygen atoms in total. The van der Waals surface area contributed by atoms with E-state index in [-0.39, 0.29) is 23.8 Å². The van der Waals surface area contributed by atoms with Gasteiger partial charge in [0.05, 0.1) is 4.88 Å². The molecule has 0 unspecified atom stereocenters. The van der Waals surface area contributed by atoms with Crippen LogP contribution in [0.4, 0.5) is 5.69 Å². The van der Waals surface area contributed by atoms with Crippen molar-refractivity contribution < 1.29 is 10.3 Å². The molecule has 4 rings (SSSR count). The van der Waals surface area contributed by atoms with E-state index in [0.29, 0.717) is 11.6 Å². The SMILES string of the molecule is CN1CCN(c2ccccc2-c2ccc(C(=O)NCc3ccc(Cl)cc3)s2)CC1.Cl.O. The maximum Gasteiger partial charge on any atom is 0.261 e. The Morgan fingerprint density at radius 1 is 1.00 bits per heavy atom. The Labute approximate surface area is 198 Å². The summed E-state index contributed by atoms with van der Waals surface area (Å²) in [5, 5.41) is 3.69. The van der Waals surface area contributed by atoms with E-state index in [9.17, 15) is 4.79 Å². The number of anilines is 1. The van der Waals surface area contributed by atoms with E-state index in [1.165, 1.54) is 11.3 Å². The summed E-state index contributed by atoms with van der Waals surface area (Å²) in [5.74, 6) is -0.0479. The Hall–Kier alpha value is -2.09. The molecule has 1 amide bonds. The highest BCUT2D eigenvalue weighted by molar-refractivity contribution is 7.17. The van der Waals surface area contributed by atoms with Crippen LogP contribution < -0.4 is 10.2 Å². The number of carbonyl (C=O) groups excluding carboxylic acids is 1. The highest BCUT2D eigenvalue weighted by Crippen LogP contribution is 2.35. The lowest BCUT2D eigenvalue weighted by Crippen LogP contribution is -2.44. The molecule has 1 saturated heterocycles. The van der Waals surface area contributed by atoms with Crippen molar-refractivity contribution in [3.8, 4) is 10.4 Å². The Bertz CT molecular complexity index is 986. The predicted molar refractivity (Wildman–Crippen MR) is 133 cm³/mol. The number of para-hydroxylation sites is 1. The van der Waals surface area contributed by atoms with Crippen molar-refractivity contribution in [1.29, 1.82) is 0 Å². The first-order chi connectivity index (χ1) is 14.1. The number of benzene rings is 2. The molecule has 0 aliphatic carbocycles. The van der Waals surface area contributed by atoms with Crippen LogP contribution in [0.5, 0.6) is 0 Å². The highest BCUT2D eigenvalue weighted by atomic mass is 35.5. The smallest absolute Gasteiger partial charge is 0.261 e. The summed E-state index contributed by atoms with van der Waals surface area (Å²) in [6.45, 7) is 4.66. The van der Waals surface area contributed by atoms with Crippen LogP contribution >= 0.6 is 35.3 Å². The van der Waals surface area contributed by atoms with Crippen LogP contribution in [0.1, 0.15) is 15.2 Å². The molecule has 8 heteroatoms. The molecule has 0 bridgehead atoms.